The fourth-order valence-corrected chi connectivity index (χ4v) is 3.89. The molecule has 4 nitrogen and oxygen atoms in total. The van der Waals surface area contributed by atoms with Crippen molar-refractivity contribution < 1.29 is 14.1 Å². The zero-order valence-electron chi connectivity index (χ0n) is 12.1. The monoisotopic (exact) mass is 303 g/mol. The molecule has 1 heterocycles. The van der Waals surface area contributed by atoms with E-state index in [0.717, 1.165) is 18.0 Å². The highest BCUT2D eigenvalue weighted by Gasteiger charge is 2.25. The van der Waals surface area contributed by atoms with Gasteiger partial charge in [-0.2, -0.15) is 0 Å². The third-order valence-electron chi connectivity index (χ3n) is 3.90. The van der Waals surface area contributed by atoms with Gasteiger partial charge in [-0.25, -0.2) is 4.57 Å². The molecule has 2 aromatic rings. The van der Waals surface area contributed by atoms with Crippen molar-refractivity contribution in [2.45, 2.75) is 32.2 Å². The summed E-state index contributed by atoms with van der Waals surface area (Å²) < 4.78 is 7.16. The Bertz CT molecular complexity index is 679. The Kier molecular flexibility index (Phi) is 3.92. The van der Waals surface area contributed by atoms with Crippen molar-refractivity contribution >= 4 is 22.3 Å². The Morgan fingerprint density at radius 3 is 3.00 bits per heavy atom. The van der Waals surface area contributed by atoms with E-state index in [1.165, 1.54) is 23.4 Å². The topological polar surface area (TPSA) is 56.2 Å². The number of rotatable bonds is 4. The summed E-state index contributed by atoms with van der Waals surface area (Å²) >= 11 is 1.63. The number of hydrogen-bond acceptors (Lipinski definition) is 4. The van der Waals surface area contributed by atoms with Crippen LogP contribution in [0.1, 0.15) is 33.8 Å². The highest BCUT2D eigenvalue weighted by molar-refractivity contribution is 7.15. The van der Waals surface area contributed by atoms with Crippen molar-refractivity contribution in [2.75, 3.05) is 12.8 Å². The van der Waals surface area contributed by atoms with Crippen molar-refractivity contribution in [3.8, 4) is 5.75 Å². The van der Waals surface area contributed by atoms with E-state index < -0.39 is 0 Å². The summed E-state index contributed by atoms with van der Waals surface area (Å²) in [4.78, 5) is 13.8. The highest BCUT2D eigenvalue weighted by atomic mass is 32.1. The molecule has 5 heteroatoms. The number of nitrogen functional groups attached to an aromatic ring is 1. The fraction of sp³-hybridized carbons (Fsp3) is 0.375. The number of aromatic nitrogens is 1. The number of methoxy groups -OCH3 is 1. The zero-order chi connectivity index (χ0) is 14.8. The Hall–Kier alpha value is -1.88. The lowest BCUT2D eigenvalue weighted by molar-refractivity contribution is -0.672. The SMILES string of the molecule is COc1cccc(C(=O)C[n+]2c(N)sc3c2CCCC3)c1. The summed E-state index contributed by atoms with van der Waals surface area (Å²) in [7, 11) is 1.60. The van der Waals surface area contributed by atoms with E-state index in [-0.39, 0.29) is 5.78 Å². The predicted octanol–water partition coefficient (Wildman–Crippen LogP) is 2.39. The van der Waals surface area contributed by atoms with Gasteiger partial charge in [-0.1, -0.05) is 23.5 Å². The predicted molar refractivity (Wildman–Crippen MR) is 82.9 cm³/mol. The molecule has 0 bridgehead atoms. The largest absolute Gasteiger partial charge is 0.497 e. The summed E-state index contributed by atoms with van der Waals surface area (Å²) in [6.45, 7) is 0.310. The number of hydrogen-bond donors (Lipinski definition) is 1. The Morgan fingerprint density at radius 2 is 2.19 bits per heavy atom. The Morgan fingerprint density at radius 1 is 1.38 bits per heavy atom. The maximum atomic E-state index is 12.5. The first-order valence-electron chi connectivity index (χ1n) is 7.16. The number of carbonyl (C=O) groups is 1. The number of nitrogens with zero attached hydrogens (tertiary/aromatic N) is 1. The van der Waals surface area contributed by atoms with Gasteiger partial charge in [-0.15, -0.1) is 0 Å². The van der Waals surface area contributed by atoms with Gasteiger partial charge in [0.05, 0.1) is 12.0 Å². The molecular weight excluding hydrogens is 284 g/mol. The van der Waals surface area contributed by atoms with Crippen LogP contribution in [0.15, 0.2) is 24.3 Å². The van der Waals surface area contributed by atoms with Gasteiger partial charge < -0.3 is 4.74 Å². The van der Waals surface area contributed by atoms with Crippen molar-refractivity contribution in [1.29, 1.82) is 0 Å². The van der Waals surface area contributed by atoms with Gasteiger partial charge in [0, 0.05) is 12.0 Å². The smallest absolute Gasteiger partial charge is 0.332 e. The van der Waals surface area contributed by atoms with Crippen LogP contribution in [0.5, 0.6) is 5.75 Å². The minimum absolute atomic E-state index is 0.0665. The molecule has 0 unspecified atom stereocenters. The molecule has 0 radical (unpaired) electrons. The third kappa shape index (κ3) is 2.78. The summed E-state index contributed by atoms with van der Waals surface area (Å²) in [5.74, 6) is 0.767. The molecule has 21 heavy (non-hydrogen) atoms. The second-order valence-electron chi connectivity index (χ2n) is 5.26. The third-order valence-corrected chi connectivity index (χ3v) is 5.02. The molecule has 0 amide bonds. The number of Topliss-reactive ketones (excluding diaryl/α,β-unsaturated/α-hetero) is 1. The number of anilines is 1. The fourth-order valence-electron chi connectivity index (χ4n) is 2.78. The van der Waals surface area contributed by atoms with Crippen LogP contribution in [0, 0.1) is 0 Å². The lowest BCUT2D eigenvalue weighted by Crippen LogP contribution is -2.43. The lowest BCUT2D eigenvalue weighted by Gasteiger charge is -2.10. The number of benzene rings is 1. The standard InChI is InChI=1S/C16H18N2O2S/c1-20-12-6-4-5-11(9-12)14(19)10-18-13-7-2-3-8-15(13)21-16(18)17/h4-6,9,17H,2-3,7-8,10H2,1H3/p+1. The molecule has 0 saturated heterocycles. The molecule has 3 rings (SSSR count). The van der Waals surface area contributed by atoms with Gasteiger partial charge in [0.2, 0.25) is 5.78 Å². The molecule has 1 aliphatic rings. The number of ketones is 1. The molecule has 1 aromatic carbocycles. The van der Waals surface area contributed by atoms with Crippen LogP contribution in [-0.2, 0) is 19.4 Å². The summed E-state index contributed by atoms with van der Waals surface area (Å²) in [5.41, 5.74) is 8.02. The molecule has 0 fully saturated rings. The van der Waals surface area contributed by atoms with Crippen molar-refractivity contribution in [3.63, 3.8) is 0 Å². The van der Waals surface area contributed by atoms with Crippen LogP contribution in [0.2, 0.25) is 0 Å². The molecule has 1 aromatic heterocycles. The highest BCUT2D eigenvalue weighted by Crippen LogP contribution is 2.26. The number of carbonyl (C=O) groups excluding carboxylic acids is 1. The number of thiazole rings is 1. The molecular formula is C16H19N2O2S+. The summed E-state index contributed by atoms with van der Waals surface area (Å²) in [5, 5.41) is 0.734. The van der Waals surface area contributed by atoms with Gasteiger partial charge in [-0.3, -0.25) is 10.5 Å². The van der Waals surface area contributed by atoms with Gasteiger partial charge in [0.25, 0.3) is 0 Å². The number of aryl methyl sites for hydroxylation is 1. The first-order valence-corrected chi connectivity index (χ1v) is 7.98. The van der Waals surface area contributed by atoms with Crippen LogP contribution < -0.4 is 15.0 Å². The summed E-state index contributed by atoms with van der Waals surface area (Å²) in [6.07, 6.45) is 4.51. The maximum Gasteiger partial charge on any atom is 0.332 e. The van der Waals surface area contributed by atoms with E-state index in [1.807, 2.05) is 22.8 Å². The van der Waals surface area contributed by atoms with E-state index in [0.29, 0.717) is 17.9 Å². The minimum atomic E-state index is 0.0665. The van der Waals surface area contributed by atoms with Gasteiger partial charge in [0.15, 0.2) is 6.54 Å². The molecule has 0 aliphatic heterocycles. The summed E-state index contributed by atoms with van der Waals surface area (Å²) in [6, 6.07) is 7.27. The van der Waals surface area contributed by atoms with E-state index in [4.69, 9.17) is 10.5 Å². The molecule has 0 spiro atoms. The van der Waals surface area contributed by atoms with E-state index in [1.54, 1.807) is 24.5 Å². The van der Waals surface area contributed by atoms with Crippen LogP contribution in [-0.4, -0.2) is 12.9 Å². The molecule has 0 saturated carbocycles. The Labute approximate surface area is 128 Å². The number of ether oxygens (including phenoxy) is 1. The van der Waals surface area contributed by atoms with E-state index in [9.17, 15) is 4.79 Å². The van der Waals surface area contributed by atoms with Crippen LogP contribution in [0.3, 0.4) is 0 Å². The second-order valence-corrected chi connectivity index (χ2v) is 6.37. The van der Waals surface area contributed by atoms with E-state index >= 15 is 0 Å². The van der Waals surface area contributed by atoms with Crippen LogP contribution >= 0.6 is 11.3 Å². The van der Waals surface area contributed by atoms with Gasteiger partial charge >= 0.3 is 5.13 Å². The maximum absolute atomic E-state index is 12.5. The normalized spacial score (nSPS) is 13.8. The quantitative estimate of drug-likeness (QED) is 0.697. The lowest BCUT2D eigenvalue weighted by atomic mass is 10.0. The zero-order valence-corrected chi connectivity index (χ0v) is 12.9. The average molecular weight is 303 g/mol. The Balaban J connectivity index is 1.86. The van der Waals surface area contributed by atoms with Crippen molar-refractivity contribution in [2.24, 2.45) is 0 Å². The number of nitrogens with two attached hydrogens (primary N) is 1. The first-order chi connectivity index (χ1) is 10.2. The molecule has 2 N–H and O–H groups in total. The van der Waals surface area contributed by atoms with Crippen LogP contribution in [0.25, 0.3) is 0 Å². The molecule has 110 valence electrons. The van der Waals surface area contributed by atoms with Crippen molar-refractivity contribution in [3.05, 3.63) is 40.4 Å². The molecule has 0 atom stereocenters. The molecule has 1 aliphatic carbocycles. The second kappa shape index (κ2) is 5.85. The minimum Gasteiger partial charge on any atom is -0.497 e. The first kappa shape index (κ1) is 14.1. The van der Waals surface area contributed by atoms with Crippen molar-refractivity contribution in [1.82, 2.24) is 0 Å². The van der Waals surface area contributed by atoms with E-state index in [2.05, 4.69) is 0 Å². The van der Waals surface area contributed by atoms with Crippen LogP contribution in [0.4, 0.5) is 5.13 Å². The van der Waals surface area contributed by atoms with Gasteiger partial charge in [-0.05, 0) is 31.4 Å². The number of fused-ring (bicyclic) bond motifs is 1. The average Bonchev–Trinajstić information content (AvgIpc) is 2.83. The van der Waals surface area contributed by atoms with Gasteiger partial charge in [0.1, 0.15) is 11.4 Å².